The summed E-state index contributed by atoms with van der Waals surface area (Å²) in [6.45, 7) is 3.17. The largest absolute Gasteiger partial charge is 0.353 e. The smallest absolute Gasteiger partial charge is 0.239 e. The summed E-state index contributed by atoms with van der Waals surface area (Å²) in [4.78, 5) is 14.3. The maximum Gasteiger partial charge on any atom is 0.239 e. The van der Waals surface area contributed by atoms with Gasteiger partial charge in [-0.2, -0.15) is 0 Å². The molecule has 2 aromatic rings. The number of nitrogens with one attached hydrogen (secondary N) is 2. The van der Waals surface area contributed by atoms with Gasteiger partial charge in [-0.1, -0.05) is 68.3 Å². The van der Waals surface area contributed by atoms with Gasteiger partial charge in [-0.3, -0.25) is 4.79 Å². The van der Waals surface area contributed by atoms with E-state index < -0.39 is 0 Å². The Morgan fingerprint density at radius 3 is 2.50 bits per heavy atom. The van der Waals surface area contributed by atoms with Crippen LogP contribution in [0.1, 0.15) is 43.7 Å². The zero-order valence-electron chi connectivity index (χ0n) is 17.4. The number of thiocarbonyl (C=S) groups is 1. The van der Waals surface area contributed by atoms with E-state index in [2.05, 4.69) is 17.6 Å². The van der Waals surface area contributed by atoms with Crippen molar-refractivity contribution in [3.05, 3.63) is 71.5 Å². The van der Waals surface area contributed by atoms with Gasteiger partial charge in [0.15, 0.2) is 5.11 Å². The first-order valence-corrected chi connectivity index (χ1v) is 11.0. The van der Waals surface area contributed by atoms with E-state index in [1.807, 2.05) is 41.3 Å². The molecule has 0 spiro atoms. The normalized spacial score (nSPS) is 18.5. The number of nitrogens with zero attached hydrogens (tertiary/aromatic N) is 1. The van der Waals surface area contributed by atoms with Gasteiger partial charge in [0.1, 0.15) is 5.82 Å². The van der Waals surface area contributed by atoms with Crippen LogP contribution in [0.5, 0.6) is 0 Å². The molecule has 0 bridgehead atoms. The van der Waals surface area contributed by atoms with Crippen molar-refractivity contribution in [2.45, 2.75) is 51.7 Å². The maximum atomic E-state index is 14.2. The van der Waals surface area contributed by atoms with Crippen molar-refractivity contribution in [3.63, 3.8) is 0 Å². The highest BCUT2D eigenvalue weighted by atomic mass is 32.1. The predicted octanol–water partition coefficient (Wildman–Crippen LogP) is 4.40. The van der Waals surface area contributed by atoms with E-state index >= 15 is 0 Å². The van der Waals surface area contributed by atoms with Gasteiger partial charge in [0.05, 0.1) is 6.54 Å². The molecule has 1 aliphatic rings. The van der Waals surface area contributed by atoms with Gasteiger partial charge in [0.25, 0.3) is 0 Å². The molecule has 0 radical (unpaired) electrons. The summed E-state index contributed by atoms with van der Waals surface area (Å²) < 4.78 is 14.2. The van der Waals surface area contributed by atoms with E-state index in [9.17, 15) is 9.18 Å². The quantitative estimate of drug-likeness (QED) is 0.643. The van der Waals surface area contributed by atoms with E-state index in [1.54, 1.807) is 12.1 Å². The summed E-state index contributed by atoms with van der Waals surface area (Å²) in [5.74, 6) is 0.189. The SMILES string of the molecule is CC1CCCCC1NC(=O)CNC(=S)N(Cc1ccccc1)Cc1ccccc1F. The average molecular weight is 428 g/mol. The van der Waals surface area contributed by atoms with Gasteiger partial charge in [-0.25, -0.2) is 4.39 Å². The van der Waals surface area contributed by atoms with Crippen LogP contribution in [-0.4, -0.2) is 28.5 Å². The van der Waals surface area contributed by atoms with Crippen molar-refractivity contribution in [1.82, 2.24) is 15.5 Å². The fraction of sp³-hybridized carbons (Fsp3) is 0.417. The first-order valence-electron chi connectivity index (χ1n) is 10.6. The van der Waals surface area contributed by atoms with Crippen LogP contribution >= 0.6 is 12.2 Å². The lowest BCUT2D eigenvalue weighted by molar-refractivity contribution is -0.121. The molecule has 4 nitrogen and oxygen atoms in total. The third-order valence-corrected chi connectivity index (χ3v) is 6.08. The molecule has 3 rings (SSSR count). The predicted molar refractivity (Wildman–Crippen MR) is 122 cm³/mol. The maximum absolute atomic E-state index is 14.2. The number of carbonyl (C=O) groups excluding carboxylic acids is 1. The molecule has 2 atom stereocenters. The Balaban J connectivity index is 1.61. The second kappa shape index (κ2) is 11.1. The topological polar surface area (TPSA) is 44.4 Å². The highest BCUT2D eigenvalue weighted by Crippen LogP contribution is 2.23. The van der Waals surface area contributed by atoms with Crippen molar-refractivity contribution in [2.24, 2.45) is 5.92 Å². The molecule has 160 valence electrons. The van der Waals surface area contributed by atoms with E-state index in [1.165, 1.54) is 12.5 Å². The van der Waals surface area contributed by atoms with Crippen molar-refractivity contribution in [2.75, 3.05) is 6.54 Å². The molecule has 1 aliphatic carbocycles. The number of carbonyl (C=O) groups is 1. The van der Waals surface area contributed by atoms with Gasteiger partial charge < -0.3 is 15.5 Å². The molecule has 6 heteroatoms. The lowest BCUT2D eigenvalue weighted by Gasteiger charge is -2.30. The molecule has 30 heavy (non-hydrogen) atoms. The number of hydrogen-bond acceptors (Lipinski definition) is 2. The Hall–Kier alpha value is -2.47. The molecule has 2 aromatic carbocycles. The van der Waals surface area contributed by atoms with Crippen molar-refractivity contribution in [3.8, 4) is 0 Å². The molecule has 0 saturated heterocycles. The summed E-state index contributed by atoms with van der Waals surface area (Å²) in [5.41, 5.74) is 1.64. The average Bonchev–Trinajstić information content (AvgIpc) is 2.75. The minimum absolute atomic E-state index is 0.0540. The van der Waals surface area contributed by atoms with Crippen LogP contribution < -0.4 is 10.6 Å². The zero-order valence-corrected chi connectivity index (χ0v) is 18.3. The summed E-state index contributed by atoms with van der Waals surface area (Å²) in [6.07, 6.45) is 4.59. The third-order valence-electron chi connectivity index (χ3n) is 5.68. The van der Waals surface area contributed by atoms with Crippen LogP contribution in [0.25, 0.3) is 0 Å². The molecule has 1 saturated carbocycles. The summed E-state index contributed by atoms with van der Waals surface area (Å²) in [6, 6.07) is 16.8. The highest BCUT2D eigenvalue weighted by molar-refractivity contribution is 7.80. The number of amides is 1. The van der Waals surface area contributed by atoms with Crippen LogP contribution in [0.2, 0.25) is 0 Å². The number of hydrogen-bond donors (Lipinski definition) is 2. The summed E-state index contributed by atoms with van der Waals surface area (Å²) in [7, 11) is 0. The molecular formula is C24H30FN3OS. The van der Waals surface area contributed by atoms with E-state index in [4.69, 9.17) is 12.2 Å². The zero-order chi connectivity index (χ0) is 21.3. The van der Waals surface area contributed by atoms with E-state index in [0.29, 0.717) is 29.7 Å². The first-order chi connectivity index (χ1) is 14.5. The molecule has 1 amide bonds. The number of halogens is 1. The standard InChI is InChI=1S/C24H30FN3OS/c1-18-9-5-8-14-22(18)27-23(29)15-26-24(30)28(16-19-10-3-2-4-11-19)17-20-12-6-7-13-21(20)25/h2-4,6-7,10-13,18,22H,5,8-9,14-17H2,1H3,(H,26,30)(H,27,29). The number of benzene rings is 2. The molecule has 0 aliphatic heterocycles. The van der Waals surface area contributed by atoms with Crippen molar-refractivity contribution in [1.29, 1.82) is 0 Å². The van der Waals surface area contributed by atoms with Crippen LogP contribution in [0.3, 0.4) is 0 Å². The van der Waals surface area contributed by atoms with Gasteiger partial charge in [0.2, 0.25) is 5.91 Å². The van der Waals surface area contributed by atoms with Crippen molar-refractivity contribution >= 4 is 23.2 Å². The van der Waals surface area contributed by atoms with Gasteiger partial charge in [0, 0.05) is 24.7 Å². The van der Waals surface area contributed by atoms with Gasteiger partial charge in [-0.15, -0.1) is 0 Å². The van der Waals surface area contributed by atoms with Crippen LogP contribution in [0, 0.1) is 11.7 Å². The third kappa shape index (κ3) is 6.52. The lowest BCUT2D eigenvalue weighted by atomic mass is 9.86. The Labute approximate surface area is 183 Å². The van der Waals surface area contributed by atoms with Gasteiger partial charge in [-0.05, 0) is 42.6 Å². The van der Waals surface area contributed by atoms with Crippen molar-refractivity contribution < 1.29 is 9.18 Å². The Morgan fingerprint density at radius 1 is 1.07 bits per heavy atom. The first kappa shape index (κ1) is 22.2. The molecule has 2 unspecified atom stereocenters. The fourth-order valence-corrected chi connectivity index (χ4v) is 4.09. The minimum Gasteiger partial charge on any atom is -0.353 e. The second-order valence-corrected chi connectivity index (χ2v) is 8.41. The molecule has 1 fully saturated rings. The van der Waals surface area contributed by atoms with Crippen LogP contribution in [0.4, 0.5) is 4.39 Å². The Kier molecular flexibility index (Phi) is 8.20. The minimum atomic E-state index is -0.262. The van der Waals surface area contributed by atoms with E-state index in [-0.39, 0.29) is 24.3 Å². The van der Waals surface area contributed by atoms with Gasteiger partial charge >= 0.3 is 0 Å². The molecular weight excluding hydrogens is 397 g/mol. The summed E-state index contributed by atoms with van der Waals surface area (Å²) >= 11 is 5.58. The molecule has 0 aromatic heterocycles. The second-order valence-electron chi connectivity index (χ2n) is 8.03. The molecule has 2 N–H and O–H groups in total. The number of rotatable bonds is 7. The van der Waals surface area contributed by atoms with E-state index in [0.717, 1.165) is 24.8 Å². The lowest BCUT2D eigenvalue weighted by Crippen LogP contribution is -2.48. The van der Waals surface area contributed by atoms with Crippen LogP contribution in [0.15, 0.2) is 54.6 Å². The Morgan fingerprint density at radius 2 is 1.77 bits per heavy atom. The summed E-state index contributed by atoms with van der Waals surface area (Å²) in [5, 5.41) is 6.64. The molecule has 0 heterocycles. The highest BCUT2D eigenvalue weighted by Gasteiger charge is 2.23. The van der Waals surface area contributed by atoms with Crippen LogP contribution in [-0.2, 0) is 17.9 Å². The monoisotopic (exact) mass is 427 g/mol. The Bertz CT molecular complexity index is 845. The fourth-order valence-electron chi connectivity index (χ4n) is 3.89.